The molecule has 0 bridgehead atoms. The van der Waals surface area contributed by atoms with Gasteiger partial charge in [0.05, 0.1) is 19.6 Å². The fourth-order valence-electron chi connectivity index (χ4n) is 3.10. The van der Waals surface area contributed by atoms with E-state index in [2.05, 4.69) is 52.0 Å². The van der Waals surface area contributed by atoms with Gasteiger partial charge in [0, 0.05) is 0 Å². The minimum atomic E-state index is 1.19. The van der Waals surface area contributed by atoms with E-state index in [1.165, 1.54) is 67.5 Å². The topological polar surface area (TPSA) is 0 Å². The summed E-state index contributed by atoms with van der Waals surface area (Å²) in [6.45, 7) is 13.0. The van der Waals surface area contributed by atoms with E-state index in [-0.39, 0.29) is 0 Å². The summed E-state index contributed by atoms with van der Waals surface area (Å²) in [5, 5.41) is 0. The first-order valence-corrected chi connectivity index (χ1v) is 8.11. The van der Waals surface area contributed by atoms with Gasteiger partial charge in [-0.1, -0.05) is 44.9 Å². The molecule has 0 heterocycles. The minimum absolute atomic E-state index is 1.19. The summed E-state index contributed by atoms with van der Waals surface area (Å²) >= 11 is 0. The molecule has 19 heavy (non-hydrogen) atoms. The van der Waals surface area contributed by atoms with E-state index in [1.54, 1.807) is 0 Å². The molecule has 0 saturated heterocycles. The molecule has 1 heteroatoms. The molecule has 0 aliphatic carbocycles. The van der Waals surface area contributed by atoms with Gasteiger partial charge in [-0.3, -0.25) is 4.48 Å². The molecule has 1 aromatic carbocycles. The normalized spacial score (nSPS) is 11.8. The fourth-order valence-corrected chi connectivity index (χ4v) is 3.10. The molecule has 0 N–H and O–H groups in total. The maximum absolute atomic E-state index is 2.35. The van der Waals surface area contributed by atoms with Gasteiger partial charge in [0.2, 0.25) is 0 Å². The Bertz CT molecular complexity index is 333. The van der Waals surface area contributed by atoms with Crippen molar-refractivity contribution < 1.29 is 0 Å². The highest BCUT2D eigenvalue weighted by Crippen LogP contribution is 2.26. The SMILES string of the molecule is CCCCC[N+](CCC)(CCC)c1ccc(C)cc1. The van der Waals surface area contributed by atoms with Crippen LogP contribution in [0.1, 0.15) is 58.4 Å². The number of aryl methyl sites for hydroxylation is 1. The lowest BCUT2D eigenvalue weighted by atomic mass is 10.1. The van der Waals surface area contributed by atoms with Crippen molar-refractivity contribution >= 4 is 5.69 Å². The van der Waals surface area contributed by atoms with Crippen LogP contribution in [0, 0.1) is 6.92 Å². The first-order valence-electron chi connectivity index (χ1n) is 8.11. The van der Waals surface area contributed by atoms with Crippen LogP contribution in [-0.2, 0) is 0 Å². The van der Waals surface area contributed by atoms with Gasteiger partial charge in [0.15, 0.2) is 0 Å². The molecule has 0 saturated carbocycles. The van der Waals surface area contributed by atoms with Crippen molar-refractivity contribution in [2.45, 2.75) is 59.8 Å². The smallest absolute Gasteiger partial charge is 0.132 e. The lowest BCUT2D eigenvalue weighted by Gasteiger charge is -2.38. The van der Waals surface area contributed by atoms with E-state index in [0.29, 0.717) is 0 Å². The van der Waals surface area contributed by atoms with Crippen molar-refractivity contribution in [1.82, 2.24) is 4.48 Å². The molecule has 0 amide bonds. The summed E-state index contributed by atoms with van der Waals surface area (Å²) in [5.74, 6) is 0. The van der Waals surface area contributed by atoms with Gasteiger partial charge in [0.1, 0.15) is 5.69 Å². The number of quaternary nitrogens is 1. The Labute approximate surface area is 120 Å². The second-order valence-electron chi connectivity index (χ2n) is 5.86. The lowest BCUT2D eigenvalue weighted by molar-refractivity contribution is 0.266. The predicted octanol–water partition coefficient (Wildman–Crippen LogP) is 5.31. The monoisotopic (exact) mass is 262 g/mol. The number of benzene rings is 1. The number of rotatable bonds is 9. The molecule has 1 rings (SSSR count). The van der Waals surface area contributed by atoms with Crippen LogP contribution in [0.3, 0.4) is 0 Å². The highest BCUT2D eigenvalue weighted by Gasteiger charge is 2.27. The van der Waals surface area contributed by atoms with Crippen LogP contribution in [0.4, 0.5) is 5.69 Å². The van der Waals surface area contributed by atoms with Gasteiger partial charge in [-0.05, 0) is 44.7 Å². The highest BCUT2D eigenvalue weighted by atomic mass is 15.4. The standard InChI is InChI=1S/C18H32N/c1-5-8-9-16-19(14-6-2,15-7-3)18-12-10-17(4)11-13-18/h10-13H,5-9,14-16H2,1-4H3/q+1. The van der Waals surface area contributed by atoms with Gasteiger partial charge in [-0.25, -0.2) is 0 Å². The molecule has 0 aromatic heterocycles. The van der Waals surface area contributed by atoms with Crippen LogP contribution < -0.4 is 4.48 Å². The Balaban J connectivity index is 2.95. The Kier molecular flexibility index (Phi) is 7.15. The first kappa shape index (κ1) is 16.2. The van der Waals surface area contributed by atoms with Crippen LogP contribution >= 0.6 is 0 Å². The summed E-state index contributed by atoms with van der Waals surface area (Å²) in [4.78, 5) is 0. The van der Waals surface area contributed by atoms with Crippen LogP contribution in [0.2, 0.25) is 0 Å². The Hall–Kier alpha value is -0.820. The molecule has 0 unspecified atom stereocenters. The molecule has 0 fully saturated rings. The average Bonchev–Trinajstić information content (AvgIpc) is 2.40. The number of unbranched alkanes of at least 4 members (excludes halogenated alkanes) is 2. The summed E-state index contributed by atoms with van der Waals surface area (Å²) in [7, 11) is 0. The molecule has 0 spiro atoms. The minimum Gasteiger partial charge on any atom is -0.291 e. The third-order valence-corrected chi connectivity index (χ3v) is 4.07. The van der Waals surface area contributed by atoms with Gasteiger partial charge < -0.3 is 0 Å². The molecule has 1 aromatic rings. The van der Waals surface area contributed by atoms with Crippen molar-refractivity contribution in [3.05, 3.63) is 29.8 Å². The lowest BCUT2D eigenvalue weighted by Crippen LogP contribution is -2.51. The van der Waals surface area contributed by atoms with E-state index in [9.17, 15) is 0 Å². The largest absolute Gasteiger partial charge is 0.291 e. The zero-order valence-corrected chi connectivity index (χ0v) is 13.4. The second-order valence-corrected chi connectivity index (χ2v) is 5.86. The van der Waals surface area contributed by atoms with E-state index < -0.39 is 0 Å². The zero-order chi connectivity index (χ0) is 14.1. The van der Waals surface area contributed by atoms with Crippen LogP contribution in [0.15, 0.2) is 24.3 Å². The average molecular weight is 262 g/mol. The third-order valence-electron chi connectivity index (χ3n) is 4.07. The summed E-state index contributed by atoms with van der Waals surface area (Å²) in [6, 6.07) is 9.25. The maximum atomic E-state index is 2.35. The van der Waals surface area contributed by atoms with Gasteiger partial charge in [-0.2, -0.15) is 0 Å². The van der Waals surface area contributed by atoms with E-state index in [4.69, 9.17) is 0 Å². The van der Waals surface area contributed by atoms with Crippen LogP contribution in [0.25, 0.3) is 0 Å². The Morgan fingerprint density at radius 3 is 1.79 bits per heavy atom. The second kappa shape index (κ2) is 8.37. The molecule has 108 valence electrons. The molecule has 0 radical (unpaired) electrons. The molecule has 0 aliphatic rings. The van der Waals surface area contributed by atoms with E-state index >= 15 is 0 Å². The third kappa shape index (κ3) is 4.65. The van der Waals surface area contributed by atoms with Crippen molar-refractivity contribution in [2.24, 2.45) is 0 Å². The number of hydrogen-bond acceptors (Lipinski definition) is 0. The van der Waals surface area contributed by atoms with Gasteiger partial charge in [-0.15, -0.1) is 0 Å². The molecule has 0 aliphatic heterocycles. The van der Waals surface area contributed by atoms with Crippen LogP contribution in [-0.4, -0.2) is 19.6 Å². The summed E-state index contributed by atoms with van der Waals surface area (Å²) in [6.07, 6.45) is 6.55. The number of nitrogens with zero attached hydrogens (tertiary/aromatic N) is 1. The molecule has 0 atom stereocenters. The molecule has 1 nitrogen and oxygen atoms in total. The van der Waals surface area contributed by atoms with Crippen molar-refractivity contribution in [2.75, 3.05) is 19.6 Å². The Morgan fingerprint density at radius 1 is 0.737 bits per heavy atom. The number of hydrogen-bond donors (Lipinski definition) is 0. The summed E-state index contributed by atoms with van der Waals surface area (Å²) in [5.41, 5.74) is 2.88. The molecular weight excluding hydrogens is 230 g/mol. The van der Waals surface area contributed by atoms with Gasteiger partial charge in [0.25, 0.3) is 0 Å². The van der Waals surface area contributed by atoms with Gasteiger partial charge >= 0.3 is 0 Å². The zero-order valence-electron chi connectivity index (χ0n) is 13.4. The van der Waals surface area contributed by atoms with E-state index in [1.807, 2.05) is 0 Å². The first-order chi connectivity index (χ1) is 9.18. The fraction of sp³-hybridized carbons (Fsp3) is 0.667. The quantitative estimate of drug-likeness (QED) is 0.418. The van der Waals surface area contributed by atoms with Crippen molar-refractivity contribution in [3.63, 3.8) is 0 Å². The maximum Gasteiger partial charge on any atom is 0.132 e. The highest BCUT2D eigenvalue weighted by molar-refractivity contribution is 5.44. The Morgan fingerprint density at radius 2 is 1.32 bits per heavy atom. The van der Waals surface area contributed by atoms with Crippen LogP contribution in [0.5, 0.6) is 0 Å². The predicted molar refractivity (Wildman–Crippen MR) is 87.7 cm³/mol. The van der Waals surface area contributed by atoms with Crippen molar-refractivity contribution in [3.8, 4) is 0 Å². The molecular formula is C18H32N+. The van der Waals surface area contributed by atoms with E-state index in [0.717, 1.165) is 0 Å². The van der Waals surface area contributed by atoms with Crippen molar-refractivity contribution in [1.29, 1.82) is 0 Å². The summed E-state index contributed by atoms with van der Waals surface area (Å²) < 4.78 is 1.19.